The van der Waals surface area contributed by atoms with E-state index in [2.05, 4.69) is 34.7 Å². The number of anilines is 2. The topological polar surface area (TPSA) is 102 Å². The van der Waals surface area contributed by atoms with E-state index >= 15 is 0 Å². The minimum atomic E-state index is -4.62. The van der Waals surface area contributed by atoms with Crippen LogP contribution >= 0.6 is 0 Å². The standard InChI is InChI=1S/C31H33F3N4O4SSi/c1-44(2,3)19-18-42-22-38-17-16-35-30(38)27-12-4-5-13-28(27)36-29(39)15-14-23-8-6-11-26(20-23)43(40,41)37-25-10-7-9-24(21-25)31(32,33)34/h4-17,20-21,37H,18-19,22H2,1-3H3,(H,36,39)/b15-14+. The molecule has 1 amide bonds. The summed E-state index contributed by atoms with van der Waals surface area (Å²) in [5, 5.41) is 2.84. The molecular formula is C31H33F3N4O4SSi. The minimum absolute atomic E-state index is 0.179. The van der Waals surface area contributed by atoms with Gasteiger partial charge in [0, 0.05) is 44.4 Å². The number of imidazole rings is 1. The van der Waals surface area contributed by atoms with E-state index in [4.69, 9.17) is 4.74 Å². The van der Waals surface area contributed by atoms with Crippen LogP contribution in [0, 0.1) is 0 Å². The number of rotatable bonds is 12. The number of carbonyl (C=O) groups excluding carboxylic acids is 1. The summed E-state index contributed by atoms with van der Waals surface area (Å²) in [5.41, 5.74) is 0.417. The molecule has 8 nitrogen and oxygen atoms in total. The van der Waals surface area contributed by atoms with Crippen LogP contribution in [0.3, 0.4) is 0 Å². The Morgan fingerprint density at radius 2 is 1.77 bits per heavy atom. The number of nitrogens with zero attached hydrogens (tertiary/aromatic N) is 2. The Bertz CT molecular complexity index is 1750. The number of nitrogens with one attached hydrogen (secondary N) is 2. The van der Waals surface area contributed by atoms with Crippen LogP contribution in [-0.2, 0) is 32.5 Å². The van der Waals surface area contributed by atoms with Crippen molar-refractivity contribution in [3.8, 4) is 11.4 Å². The van der Waals surface area contributed by atoms with Gasteiger partial charge < -0.3 is 14.6 Å². The summed E-state index contributed by atoms with van der Waals surface area (Å²) < 4.78 is 74.8. The molecular weight excluding hydrogens is 610 g/mol. The third-order valence-corrected chi connectivity index (χ3v) is 9.49. The van der Waals surface area contributed by atoms with Crippen molar-refractivity contribution in [2.24, 2.45) is 0 Å². The molecule has 1 heterocycles. The number of alkyl halides is 3. The summed E-state index contributed by atoms with van der Waals surface area (Å²) in [6.07, 6.45) is 1.56. The highest BCUT2D eigenvalue weighted by Crippen LogP contribution is 2.31. The Morgan fingerprint density at radius 1 is 1.02 bits per heavy atom. The number of amides is 1. The summed E-state index contributed by atoms with van der Waals surface area (Å²) in [6, 6.07) is 17.9. The van der Waals surface area contributed by atoms with E-state index < -0.39 is 35.7 Å². The van der Waals surface area contributed by atoms with E-state index in [0.29, 0.717) is 36.0 Å². The lowest BCUT2D eigenvalue weighted by molar-refractivity contribution is -0.137. The molecule has 2 N–H and O–H groups in total. The van der Waals surface area contributed by atoms with Crippen molar-refractivity contribution in [3.05, 3.63) is 102 Å². The van der Waals surface area contributed by atoms with Crippen LogP contribution in [0.25, 0.3) is 17.5 Å². The highest BCUT2D eigenvalue weighted by molar-refractivity contribution is 7.92. The molecule has 0 fully saturated rings. The van der Waals surface area contributed by atoms with Crippen molar-refractivity contribution in [2.75, 3.05) is 16.6 Å². The van der Waals surface area contributed by atoms with Crippen molar-refractivity contribution in [3.63, 3.8) is 0 Å². The van der Waals surface area contributed by atoms with Gasteiger partial charge in [0.05, 0.1) is 16.1 Å². The van der Waals surface area contributed by atoms with E-state index in [1.54, 1.807) is 24.4 Å². The van der Waals surface area contributed by atoms with E-state index in [9.17, 15) is 26.4 Å². The zero-order valence-electron chi connectivity index (χ0n) is 24.4. The zero-order valence-corrected chi connectivity index (χ0v) is 26.2. The largest absolute Gasteiger partial charge is 0.416 e. The molecule has 4 rings (SSSR count). The van der Waals surface area contributed by atoms with Gasteiger partial charge in [0.15, 0.2) is 0 Å². The fourth-order valence-electron chi connectivity index (χ4n) is 4.09. The molecule has 4 aromatic rings. The molecule has 1 aromatic heterocycles. The Balaban J connectivity index is 1.44. The molecule has 0 aliphatic carbocycles. The first-order valence-electron chi connectivity index (χ1n) is 13.7. The average molecular weight is 643 g/mol. The van der Waals surface area contributed by atoms with Crippen LogP contribution in [0.4, 0.5) is 24.5 Å². The number of carbonyl (C=O) groups is 1. The maximum atomic E-state index is 13.0. The van der Waals surface area contributed by atoms with Crippen molar-refractivity contribution >= 4 is 41.5 Å². The number of para-hydroxylation sites is 1. The van der Waals surface area contributed by atoms with E-state index in [0.717, 1.165) is 24.2 Å². The molecule has 0 spiro atoms. The molecule has 0 radical (unpaired) electrons. The Morgan fingerprint density at radius 3 is 2.52 bits per heavy atom. The number of aromatic nitrogens is 2. The lowest BCUT2D eigenvalue weighted by Gasteiger charge is -2.16. The molecule has 0 aliphatic heterocycles. The lowest BCUT2D eigenvalue weighted by atomic mass is 10.1. The number of hydrogen-bond acceptors (Lipinski definition) is 5. The molecule has 0 atom stereocenters. The normalized spacial score (nSPS) is 12.4. The zero-order chi connectivity index (χ0) is 32.0. The average Bonchev–Trinajstić information content (AvgIpc) is 3.42. The molecule has 0 bridgehead atoms. The number of benzene rings is 3. The molecule has 0 unspecified atom stereocenters. The van der Waals surface area contributed by atoms with Gasteiger partial charge in [-0.3, -0.25) is 9.52 Å². The number of hydrogen-bond donors (Lipinski definition) is 2. The molecule has 232 valence electrons. The predicted molar refractivity (Wildman–Crippen MR) is 168 cm³/mol. The summed E-state index contributed by atoms with van der Waals surface area (Å²) in [4.78, 5) is 17.1. The second-order valence-electron chi connectivity index (χ2n) is 11.2. The van der Waals surface area contributed by atoms with Crippen molar-refractivity contribution in [2.45, 2.75) is 43.5 Å². The van der Waals surface area contributed by atoms with Gasteiger partial charge >= 0.3 is 6.18 Å². The van der Waals surface area contributed by atoms with Crippen LogP contribution in [0.15, 0.2) is 96.2 Å². The molecule has 3 aromatic carbocycles. The molecule has 44 heavy (non-hydrogen) atoms. The van der Waals surface area contributed by atoms with Gasteiger partial charge in [0.25, 0.3) is 10.0 Å². The second-order valence-corrected chi connectivity index (χ2v) is 18.5. The van der Waals surface area contributed by atoms with Gasteiger partial charge in [-0.1, -0.05) is 50.0 Å². The quantitative estimate of drug-likeness (QED) is 0.0957. The first kappa shape index (κ1) is 32.7. The molecule has 0 saturated heterocycles. The highest BCUT2D eigenvalue weighted by atomic mass is 32.2. The van der Waals surface area contributed by atoms with E-state index in [1.165, 1.54) is 36.4 Å². The highest BCUT2D eigenvalue weighted by Gasteiger charge is 2.30. The van der Waals surface area contributed by atoms with Gasteiger partial charge in [-0.15, -0.1) is 0 Å². The number of halogens is 3. The smallest absolute Gasteiger partial charge is 0.361 e. The van der Waals surface area contributed by atoms with E-state index in [1.807, 2.05) is 22.9 Å². The van der Waals surface area contributed by atoms with Gasteiger partial charge in [0.2, 0.25) is 5.91 Å². The van der Waals surface area contributed by atoms with Crippen molar-refractivity contribution in [1.82, 2.24) is 9.55 Å². The summed E-state index contributed by atoms with van der Waals surface area (Å²) in [7, 11) is -5.43. The maximum Gasteiger partial charge on any atom is 0.416 e. The second kappa shape index (κ2) is 13.6. The third kappa shape index (κ3) is 9.15. The van der Waals surface area contributed by atoms with Crippen molar-refractivity contribution in [1.29, 1.82) is 0 Å². The summed E-state index contributed by atoms with van der Waals surface area (Å²) >= 11 is 0. The molecule has 13 heteroatoms. The SMILES string of the molecule is C[Si](C)(C)CCOCn1ccnc1-c1ccccc1NC(=O)/C=C/c1cccc(S(=O)(=O)Nc2cccc(C(F)(F)F)c2)c1. The Hall–Kier alpha value is -4.20. The summed E-state index contributed by atoms with van der Waals surface area (Å²) in [6.45, 7) is 7.83. The Labute approximate surface area is 255 Å². The van der Waals surface area contributed by atoms with Crippen molar-refractivity contribution < 1.29 is 31.1 Å². The lowest BCUT2D eigenvalue weighted by Crippen LogP contribution is -2.22. The van der Waals surface area contributed by atoms with Crippen LogP contribution in [0.2, 0.25) is 25.7 Å². The fourth-order valence-corrected chi connectivity index (χ4v) is 5.95. The maximum absolute atomic E-state index is 13.0. The number of sulfonamides is 1. The van der Waals surface area contributed by atoms with E-state index in [-0.39, 0.29) is 10.6 Å². The third-order valence-electron chi connectivity index (χ3n) is 6.41. The van der Waals surface area contributed by atoms with Gasteiger partial charge in [0.1, 0.15) is 12.6 Å². The van der Waals surface area contributed by atoms with Crippen LogP contribution < -0.4 is 10.0 Å². The predicted octanol–water partition coefficient (Wildman–Crippen LogP) is 7.33. The van der Waals surface area contributed by atoms with Crippen LogP contribution in [-0.4, -0.2) is 38.6 Å². The Kier molecular flexibility index (Phi) is 10.1. The monoisotopic (exact) mass is 642 g/mol. The van der Waals surface area contributed by atoms with Gasteiger partial charge in [-0.2, -0.15) is 13.2 Å². The first-order chi connectivity index (χ1) is 20.7. The molecule has 0 saturated carbocycles. The van der Waals surface area contributed by atoms with Crippen LogP contribution in [0.5, 0.6) is 0 Å². The number of ether oxygens (including phenoxy) is 1. The fraction of sp³-hybridized carbons (Fsp3) is 0.226. The van der Waals surface area contributed by atoms with Crippen LogP contribution in [0.1, 0.15) is 11.1 Å². The minimum Gasteiger partial charge on any atom is -0.361 e. The molecule has 0 aliphatic rings. The summed E-state index contributed by atoms with van der Waals surface area (Å²) in [5.74, 6) is 0.168. The first-order valence-corrected chi connectivity index (χ1v) is 18.9. The van der Waals surface area contributed by atoms with Gasteiger partial charge in [-0.25, -0.2) is 13.4 Å². The van der Waals surface area contributed by atoms with Gasteiger partial charge in [-0.05, 0) is 60.1 Å².